The maximum absolute atomic E-state index is 12.1. The van der Waals surface area contributed by atoms with Crippen molar-refractivity contribution in [3.63, 3.8) is 0 Å². The fourth-order valence-electron chi connectivity index (χ4n) is 2.10. The van der Waals surface area contributed by atoms with Gasteiger partial charge in [-0.3, -0.25) is 9.59 Å². The van der Waals surface area contributed by atoms with E-state index in [1.807, 2.05) is 0 Å². The first-order valence-electron chi connectivity index (χ1n) is 7.15. The molecule has 2 aromatic carbocycles. The lowest BCUT2D eigenvalue weighted by atomic mass is 10.2. The van der Waals surface area contributed by atoms with Crippen molar-refractivity contribution in [2.45, 2.75) is 13.3 Å². The number of hydrogen-bond acceptors (Lipinski definition) is 2. The van der Waals surface area contributed by atoms with Crippen molar-refractivity contribution in [1.82, 2.24) is 0 Å². The molecule has 0 unspecified atom stereocenters. The Morgan fingerprint density at radius 3 is 2.25 bits per heavy atom. The Kier molecular flexibility index (Phi) is 6.49. The molecule has 2 amide bonds. The van der Waals surface area contributed by atoms with Gasteiger partial charge in [0.2, 0.25) is 11.8 Å². The Labute approximate surface area is 155 Å². The average molecular weight is 386 g/mol. The minimum atomic E-state index is -0.228. The van der Waals surface area contributed by atoms with Crippen LogP contribution >= 0.6 is 34.8 Å². The maximum atomic E-state index is 12.1. The Hall–Kier alpha value is -1.75. The summed E-state index contributed by atoms with van der Waals surface area (Å²) in [4.78, 5) is 25.4. The molecule has 0 atom stereocenters. The molecule has 0 bridgehead atoms. The normalized spacial score (nSPS) is 10.3. The van der Waals surface area contributed by atoms with Crippen molar-refractivity contribution in [1.29, 1.82) is 0 Å². The van der Waals surface area contributed by atoms with E-state index in [-0.39, 0.29) is 24.8 Å². The van der Waals surface area contributed by atoms with Gasteiger partial charge in [-0.1, -0.05) is 34.8 Å². The van der Waals surface area contributed by atoms with E-state index < -0.39 is 0 Å². The third-order valence-corrected chi connectivity index (χ3v) is 4.28. The molecule has 1 N–H and O–H groups in total. The van der Waals surface area contributed by atoms with Crippen molar-refractivity contribution in [3.05, 3.63) is 57.5 Å². The lowest BCUT2D eigenvalue weighted by Crippen LogP contribution is -2.31. The Morgan fingerprint density at radius 2 is 1.67 bits per heavy atom. The van der Waals surface area contributed by atoms with Crippen LogP contribution in [0.25, 0.3) is 0 Å². The minimum Gasteiger partial charge on any atom is -0.326 e. The molecule has 0 heterocycles. The van der Waals surface area contributed by atoms with Crippen LogP contribution < -0.4 is 10.2 Å². The number of nitrogens with zero attached hydrogens (tertiary/aromatic N) is 1. The molecule has 0 saturated carbocycles. The summed E-state index contributed by atoms with van der Waals surface area (Å²) in [6.07, 6.45) is 0.141. The topological polar surface area (TPSA) is 49.4 Å². The number of benzene rings is 2. The van der Waals surface area contributed by atoms with Gasteiger partial charge >= 0.3 is 0 Å². The summed E-state index contributed by atoms with van der Waals surface area (Å²) < 4.78 is 0. The number of anilines is 2. The van der Waals surface area contributed by atoms with Gasteiger partial charge in [-0.2, -0.15) is 0 Å². The fraction of sp³-hybridized carbons (Fsp3) is 0.176. The molecule has 0 aliphatic heterocycles. The van der Waals surface area contributed by atoms with E-state index in [2.05, 4.69) is 5.32 Å². The number of amides is 2. The average Bonchev–Trinajstić information content (AvgIpc) is 2.52. The highest BCUT2D eigenvalue weighted by atomic mass is 35.5. The second kappa shape index (κ2) is 8.38. The van der Waals surface area contributed by atoms with Gasteiger partial charge in [-0.05, 0) is 42.5 Å². The van der Waals surface area contributed by atoms with Crippen molar-refractivity contribution in [2.24, 2.45) is 0 Å². The van der Waals surface area contributed by atoms with Gasteiger partial charge in [-0.15, -0.1) is 0 Å². The van der Waals surface area contributed by atoms with Crippen molar-refractivity contribution in [2.75, 3.05) is 16.8 Å². The molecule has 0 fully saturated rings. The SMILES string of the molecule is CC(=O)N(CCC(=O)Nc1ccc(Cl)c(Cl)c1)c1ccc(Cl)cc1. The lowest BCUT2D eigenvalue weighted by molar-refractivity contribution is -0.117. The zero-order valence-electron chi connectivity index (χ0n) is 12.9. The van der Waals surface area contributed by atoms with Crippen LogP contribution in [0.3, 0.4) is 0 Å². The molecule has 0 radical (unpaired) electrons. The second-order valence-electron chi connectivity index (χ2n) is 5.07. The largest absolute Gasteiger partial charge is 0.326 e. The van der Waals surface area contributed by atoms with E-state index in [0.717, 1.165) is 0 Å². The maximum Gasteiger partial charge on any atom is 0.226 e. The molecule has 0 aliphatic rings. The molecular formula is C17H15Cl3N2O2. The summed E-state index contributed by atoms with van der Waals surface area (Å²) in [5, 5.41) is 4.09. The molecule has 2 rings (SSSR count). The molecule has 7 heteroatoms. The molecule has 2 aromatic rings. The van der Waals surface area contributed by atoms with Crippen LogP contribution in [0.4, 0.5) is 11.4 Å². The zero-order chi connectivity index (χ0) is 17.7. The zero-order valence-corrected chi connectivity index (χ0v) is 15.1. The molecule has 24 heavy (non-hydrogen) atoms. The van der Waals surface area contributed by atoms with Crippen LogP contribution in [-0.4, -0.2) is 18.4 Å². The summed E-state index contributed by atoms with van der Waals surface area (Å²) in [6, 6.07) is 11.7. The molecular weight excluding hydrogens is 371 g/mol. The molecule has 126 valence electrons. The Bertz CT molecular complexity index is 748. The summed E-state index contributed by atoms with van der Waals surface area (Å²) >= 11 is 17.6. The van der Waals surface area contributed by atoms with Gasteiger partial charge in [0.1, 0.15) is 0 Å². The van der Waals surface area contributed by atoms with Crippen LogP contribution in [0.2, 0.25) is 15.1 Å². The highest BCUT2D eigenvalue weighted by Crippen LogP contribution is 2.25. The summed E-state index contributed by atoms with van der Waals surface area (Å²) in [5.41, 5.74) is 1.24. The number of rotatable bonds is 5. The van der Waals surface area contributed by atoms with Crippen LogP contribution in [-0.2, 0) is 9.59 Å². The first-order chi connectivity index (χ1) is 11.4. The van der Waals surface area contributed by atoms with E-state index in [1.54, 1.807) is 42.5 Å². The molecule has 0 aliphatic carbocycles. The van der Waals surface area contributed by atoms with Gasteiger partial charge in [0.05, 0.1) is 10.0 Å². The van der Waals surface area contributed by atoms with Gasteiger partial charge in [0, 0.05) is 36.3 Å². The standard InChI is InChI=1S/C17H15Cl3N2O2/c1-11(23)22(14-5-2-12(18)3-6-14)9-8-17(24)21-13-4-7-15(19)16(20)10-13/h2-7,10H,8-9H2,1H3,(H,21,24). The predicted molar refractivity (Wildman–Crippen MR) is 99.2 cm³/mol. The van der Waals surface area contributed by atoms with Crippen LogP contribution in [0.5, 0.6) is 0 Å². The summed E-state index contributed by atoms with van der Waals surface area (Å²) in [5.74, 6) is -0.381. The smallest absolute Gasteiger partial charge is 0.226 e. The van der Waals surface area contributed by atoms with Crippen LogP contribution in [0.1, 0.15) is 13.3 Å². The number of nitrogens with one attached hydrogen (secondary N) is 1. The van der Waals surface area contributed by atoms with Crippen molar-refractivity contribution >= 4 is 58.0 Å². The Balaban J connectivity index is 1.98. The quantitative estimate of drug-likeness (QED) is 0.785. The third kappa shape index (κ3) is 5.13. The number of carbonyl (C=O) groups excluding carboxylic acids is 2. The summed E-state index contributed by atoms with van der Waals surface area (Å²) in [6.45, 7) is 1.70. The monoisotopic (exact) mass is 384 g/mol. The lowest BCUT2D eigenvalue weighted by Gasteiger charge is -2.21. The molecule has 4 nitrogen and oxygen atoms in total. The van der Waals surface area contributed by atoms with Crippen molar-refractivity contribution in [3.8, 4) is 0 Å². The fourth-order valence-corrected chi connectivity index (χ4v) is 2.52. The Morgan fingerprint density at radius 1 is 1.00 bits per heavy atom. The second-order valence-corrected chi connectivity index (χ2v) is 6.32. The number of halogens is 3. The van der Waals surface area contributed by atoms with E-state index in [1.165, 1.54) is 11.8 Å². The first-order valence-corrected chi connectivity index (χ1v) is 8.29. The predicted octanol–water partition coefficient (Wildman–Crippen LogP) is 5.03. The first kappa shape index (κ1) is 18.6. The minimum absolute atomic E-state index is 0.141. The number of carbonyl (C=O) groups is 2. The van der Waals surface area contributed by atoms with Gasteiger partial charge in [0.15, 0.2) is 0 Å². The molecule has 0 saturated heterocycles. The van der Waals surface area contributed by atoms with Gasteiger partial charge in [-0.25, -0.2) is 0 Å². The van der Waals surface area contributed by atoms with E-state index >= 15 is 0 Å². The van der Waals surface area contributed by atoms with E-state index in [4.69, 9.17) is 34.8 Å². The molecule has 0 aromatic heterocycles. The van der Waals surface area contributed by atoms with Crippen LogP contribution in [0, 0.1) is 0 Å². The van der Waals surface area contributed by atoms with E-state index in [9.17, 15) is 9.59 Å². The van der Waals surface area contributed by atoms with Crippen molar-refractivity contribution < 1.29 is 9.59 Å². The summed E-state index contributed by atoms with van der Waals surface area (Å²) in [7, 11) is 0. The van der Waals surface area contributed by atoms with Crippen LogP contribution in [0.15, 0.2) is 42.5 Å². The highest BCUT2D eigenvalue weighted by Gasteiger charge is 2.14. The van der Waals surface area contributed by atoms with Gasteiger partial charge < -0.3 is 10.2 Å². The number of hydrogen-bond donors (Lipinski definition) is 1. The van der Waals surface area contributed by atoms with E-state index in [0.29, 0.717) is 26.4 Å². The van der Waals surface area contributed by atoms with Gasteiger partial charge in [0.25, 0.3) is 0 Å². The highest BCUT2D eigenvalue weighted by molar-refractivity contribution is 6.42. The third-order valence-electron chi connectivity index (χ3n) is 3.28. The molecule has 0 spiro atoms.